The summed E-state index contributed by atoms with van der Waals surface area (Å²) < 4.78 is 5.50. The minimum absolute atomic E-state index is 0.0277. The lowest BCUT2D eigenvalue weighted by molar-refractivity contribution is -0.123. The van der Waals surface area contributed by atoms with Gasteiger partial charge in [0, 0.05) is 35.9 Å². The van der Waals surface area contributed by atoms with Crippen LogP contribution in [0.15, 0.2) is 48.5 Å². The van der Waals surface area contributed by atoms with Gasteiger partial charge in [-0.25, -0.2) is 0 Å². The number of ether oxygens (including phenoxy) is 1. The fraction of sp³-hybridized carbons (Fsp3) is 0.391. The van der Waals surface area contributed by atoms with Gasteiger partial charge in [0.05, 0.1) is 5.56 Å². The standard InChI is InChI=1S/C23H28ClN3O3/c1-16(2)25-23(29)20-5-3-4-6-21(20)27-13-11-18(12-14-27)26-22(28)15-30-19-9-7-17(24)8-10-19/h3-10,16,18H,11-15H2,1-2H3,(H,25,29)(H,26,28). The highest BCUT2D eigenvalue weighted by Gasteiger charge is 2.24. The molecular weight excluding hydrogens is 402 g/mol. The molecule has 2 N–H and O–H groups in total. The Morgan fingerprint density at radius 3 is 2.43 bits per heavy atom. The molecule has 0 aromatic heterocycles. The topological polar surface area (TPSA) is 70.7 Å². The van der Waals surface area contributed by atoms with E-state index >= 15 is 0 Å². The Morgan fingerprint density at radius 2 is 1.77 bits per heavy atom. The SMILES string of the molecule is CC(C)NC(=O)c1ccccc1N1CCC(NC(=O)COc2ccc(Cl)cc2)CC1. The normalized spacial score (nSPS) is 14.5. The molecule has 0 unspecified atom stereocenters. The Kier molecular flexibility index (Phi) is 7.57. The van der Waals surface area contributed by atoms with E-state index in [4.69, 9.17) is 16.3 Å². The van der Waals surface area contributed by atoms with Gasteiger partial charge in [0.15, 0.2) is 6.61 Å². The number of para-hydroxylation sites is 1. The molecule has 0 saturated carbocycles. The van der Waals surface area contributed by atoms with Crippen molar-refractivity contribution >= 4 is 29.1 Å². The van der Waals surface area contributed by atoms with Gasteiger partial charge in [-0.05, 0) is 63.1 Å². The van der Waals surface area contributed by atoms with Crippen molar-refractivity contribution < 1.29 is 14.3 Å². The van der Waals surface area contributed by atoms with E-state index in [1.54, 1.807) is 24.3 Å². The first-order valence-corrected chi connectivity index (χ1v) is 10.6. The number of nitrogens with zero attached hydrogens (tertiary/aromatic N) is 1. The second kappa shape index (κ2) is 10.3. The van der Waals surface area contributed by atoms with Crippen LogP contribution >= 0.6 is 11.6 Å². The lowest BCUT2D eigenvalue weighted by Crippen LogP contribution is -2.46. The summed E-state index contributed by atoms with van der Waals surface area (Å²) in [7, 11) is 0. The number of halogens is 1. The van der Waals surface area contributed by atoms with Crippen LogP contribution in [0.25, 0.3) is 0 Å². The Labute approximate surface area is 182 Å². The van der Waals surface area contributed by atoms with Crippen LogP contribution in [-0.2, 0) is 4.79 Å². The van der Waals surface area contributed by atoms with Crippen LogP contribution < -0.4 is 20.3 Å². The number of carbonyl (C=O) groups is 2. The Bertz CT molecular complexity index is 862. The Hall–Kier alpha value is -2.73. The summed E-state index contributed by atoms with van der Waals surface area (Å²) in [4.78, 5) is 27.0. The number of anilines is 1. The Balaban J connectivity index is 1.49. The molecule has 1 aliphatic heterocycles. The third kappa shape index (κ3) is 6.13. The highest BCUT2D eigenvalue weighted by molar-refractivity contribution is 6.30. The van der Waals surface area contributed by atoms with Gasteiger partial charge >= 0.3 is 0 Å². The minimum Gasteiger partial charge on any atom is -0.484 e. The number of carbonyl (C=O) groups excluding carboxylic acids is 2. The van der Waals surface area contributed by atoms with Crippen molar-refractivity contribution in [2.75, 3.05) is 24.6 Å². The molecule has 3 rings (SSSR count). The number of hydrogen-bond acceptors (Lipinski definition) is 4. The van der Waals surface area contributed by atoms with E-state index in [1.165, 1.54) is 0 Å². The number of nitrogens with one attached hydrogen (secondary N) is 2. The molecule has 7 heteroatoms. The predicted octanol–water partition coefficient (Wildman–Crippen LogP) is 3.64. The van der Waals surface area contributed by atoms with E-state index in [-0.39, 0.29) is 30.5 Å². The first-order valence-electron chi connectivity index (χ1n) is 10.2. The summed E-state index contributed by atoms with van der Waals surface area (Å²) in [5, 5.41) is 6.63. The summed E-state index contributed by atoms with van der Waals surface area (Å²) in [6.07, 6.45) is 1.62. The molecule has 2 amide bonds. The third-order valence-electron chi connectivity index (χ3n) is 4.95. The number of amides is 2. The minimum atomic E-state index is -0.139. The molecule has 30 heavy (non-hydrogen) atoms. The van der Waals surface area contributed by atoms with Crippen LogP contribution in [-0.4, -0.2) is 43.6 Å². The second-order valence-electron chi connectivity index (χ2n) is 7.72. The maximum absolute atomic E-state index is 12.5. The maximum atomic E-state index is 12.5. The molecule has 0 spiro atoms. The van der Waals surface area contributed by atoms with Gasteiger partial charge in [0.1, 0.15) is 5.75 Å². The smallest absolute Gasteiger partial charge is 0.258 e. The van der Waals surface area contributed by atoms with Crippen LogP contribution in [0.2, 0.25) is 5.02 Å². The van der Waals surface area contributed by atoms with Gasteiger partial charge in [-0.2, -0.15) is 0 Å². The van der Waals surface area contributed by atoms with E-state index in [0.717, 1.165) is 31.6 Å². The van der Waals surface area contributed by atoms with Gasteiger partial charge in [-0.1, -0.05) is 23.7 Å². The average molecular weight is 430 g/mol. The molecule has 2 aromatic rings. The van der Waals surface area contributed by atoms with Crippen molar-refractivity contribution in [1.29, 1.82) is 0 Å². The number of hydrogen-bond donors (Lipinski definition) is 2. The van der Waals surface area contributed by atoms with Gasteiger partial charge < -0.3 is 20.3 Å². The van der Waals surface area contributed by atoms with E-state index < -0.39 is 0 Å². The summed E-state index contributed by atoms with van der Waals surface area (Å²) in [5.74, 6) is 0.413. The Morgan fingerprint density at radius 1 is 1.10 bits per heavy atom. The molecule has 1 saturated heterocycles. The zero-order chi connectivity index (χ0) is 21.5. The van der Waals surface area contributed by atoms with Crippen LogP contribution in [0.4, 0.5) is 5.69 Å². The van der Waals surface area contributed by atoms with E-state index in [2.05, 4.69) is 15.5 Å². The summed E-state index contributed by atoms with van der Waals surface area (Å²) >= 11 is 5.85. The number of piperidine rings is 1. The largest absolute Gasteiger partial charge is 0.484 e. The van der Waals surface area contributed by atoms with Gasteiger partial charge in [-0.15, -0.1) is 0 Å². The third-order valence-corrected chi connectivity index (χ3v) is 5.20. The molecule has 1 aliphatic rings. The van der Waals surface area contributed by atoms with Crippen LogP contribution in [0.5, 0.6) is 5.75 Å². The summed E-state index contributed by atoms with van der Waals surface area (Å²) in [6, 6.07) is 14.8. The van der Waals surface area contributed by atoms with E-state index in [9.17, 15) is 9.59 Å². The first kappa shape index (κ1) is 22.0. The van der Waals surface area contributed by atoms with Gasteiger partial charge in [0.2, 0.25) is 0 Å². The van der Waals surface area contributed by atoms with E-state index in [0.29, 0.717) is 16.3 Å². The van der Waals surface area contributed by atoms with Crippen LogP contribution in [0.3, 0.4) is 0 Å². The van der Waals surface area contributed by atoms with Crippen molar-refractivity contribution in [3.05, 3.63) is 59.1 Å². The number of benzene rings is 2. The molecular formula is C23H28ClN3O3. The maximum Gasteiger partial charge on any atom is 0.258 e. The first-order chi connectivity index (χ1) is 14.4. The average Bonchev–Trinajstić information content (AvgIpc) is 2.73. The molecule has 0 atom stereocenters. The van der Waals surface area contributed by atoms with Crippen LogP contribution in [0, 0.1) is 0 Å². The summed E-state index contributed by atoms with van der Waals surface area (Å²) in [5.41, 5.74) is 1.62. The summed E-state index contributed by atoms with van der Waals surface area (Å²) in [6.45, 7) is 5.42. The fourth-order valence-electron chi connectivity index (χ4n) is 3.50. The highest BCUT2D eigenvalue weighted by Crippen LogP contribution is 2.24. The second-order valence-corrected chi connectivity index (χ2v) is 8.15. The predicted molar refractivity (Wildman–Crippen MR) is 119 cm³/mol. The fourth-order valence-corrected chi connectivity index (χ4v) is 3.62. The molecule has 160 valence electrons. The molecule has 0 radical (unpaired) electrons. The van der Waals surface area contributed by atoms with Crippen molar-refractivity contribution in [3.63, 3.8) is 0 Å². The molecule has 0 bridgehead atoms. The lowest BCUT2D eigenvalue weighted by Gasteiger charge is -2.35. The monoisotopic (exact) mass is 429 g/mol. The zero-order valence-corrected chi connectivity index (χ0v) is 18.1. The molecule has 1 fully saturated rings. The van der Waals surface area contributed by atoms with Gasteiger partial charge in [-0.3, -0.25) is 9.59 Å². The molecule has 0 aliphatic carbocycles. The van der Waals surface area contributed by atoms with Gasteiger partial charge in [0.25, 0.3) is 11.8 Å². The number of rotatable bonds is 7. The molecule has 6 nitrogen and oxygen atoms in total. The zero-order valence-electron chi connectivity index (χ0n) is 17.4. The van der Waals surface area contributed by atoms with Crippen LogP contribution in [0.1, 0.15) is 37.0 Å². The van der Waals surface area contributed by atoms with Crippen molar-refractivity contribution in [2.45, 2.75) is 38.8 Å². The van der Waals surface area contributed by atoms with E-state index in [1.807, 2.05) is 38.1 Å². The van der Waals surface area contributed by atoms with Crippen molar-refractivity contribution in [3.8, 4) is 5.75 Å². The molecule has 1 heterocycles. The molecule has 2 aromatic carbocycles. The quantitative estimate of drug-likeness (QED) is 0.704. The van der Waals surface area contributed by atoms with Crippen molar-refractivity contribution in [1.82, 2.24) is 10.6 Å². The highest BCUT2D eigenvalue weighted by atomic mass is 35.5. The lowest BCUT2D eigenvalue weighted by atomic mass is 10.0. The van der Waals surface area contributed by atoms with Crippen molar-refractivity contribution in [2.24, 2.45) is 0 Å².